The number of Topliss-reactive ketones (excluding diaryl/α,β-unsaturated/α-hetero) is 3. The highest BCUT2D eigenvalue weighted by atomic mass is 16.3. The van der Waals surface area contributed by atoms with Crippen LogP contribution >= 0.6 is 0 Å². The van der Waals surface area contributed by atoms with Gasteiger partial charge in [-0.05, 0) is 202 Å². The molecule has 0 fully saturated rings. The molecule has 0 aliphatic heterocycles. The van der Waals surface area contributed by atoms with Crippen molar-refractivity contribution < 1.29 is 29.7 Å². The summed E-state index contributed by atoms with van der Waals surface area (Å²) in [4.78, 5) is 51.9. The normalized spacial score (nSPS) is 12.8. The number of carbonyl (C=O) groups excluding carboxylic acids is 3. The van der Waals surface area contributed by atoms with Gasteiger partial charge in [0.15, 0.2) is 17.3 Å². The van der Waals surface area contributed by atoms with E-state index < -0.39 is 18.1 Å². The smallest absolute Gasteiger partial charge is 0.159 e. The van der Waals surface area contributed by atoms with Gasteiger partial charge in [0.2, 0.25) is 0 Å². The standard InChI is InChI=1S/C64H73N9O6/c65-28-4-1-7-58(61(77)31-43-37-68-55-25-22-49(74)34-52(43)55)71-46-16-10-40(11-17-46)64(41-12-18-47(19-13-41)72-59(8-2-5-29-66)62(78)32-44-38-69-56-26-23-50(75)35-53(44)56)42-14-20-48(21-15-42)73-60(9-3-6-30-67)63(79)33-45-39-70-57-27-24-51(76)36-54(45)57/h10-27,34-39,58-60,64,68-76H,1-9,28-33,65-67H2/t58-,59-,60-/m0/s1. The maximum absolute atomic E-state index is 14.1. The number of phenolic OH excluding ortho intramolecular Hbond substituents is 3. The number of unbranched alkanes of at least 4 members (excludes halogenated alkanes) is 3. The first-order valence-electron chi connectivity index (χ1n) is 27.6. The molecule has 9 aromatic rings. The number of hydrogen-bond donors (Lipinski definition) is 12. The molecule has 0 unspecified atom stereocenters. The van der Waals surface area contributed by atoms with Crippen LogP contribution in [0.15, 0.2) is 146 Å². The molecule has 9 rings (SSSR count). The monoisotopic (exact) mass is 1060 g/mol. The van der Waals surface area contributed by atoms with E-state index in [0.717, 1.165) is 122 Å². The Hall–Kier alpha value is -8.37. The fraction of sp³-hybridized carbons (Fsp3) is 0.297. The number of nitrogens with one attached hydrogen (secondary N) is 6. The van der Waals surface area contributed by atoms with Crippen molar-refractivity contribution in [3.05, 3.63) is 179 Å². The third-order valence-electron chi connectivity index (χ3n) is 15.1. The second-order valence-electron chi connectivity index (χ2n) is 20.8. The summed E-state index contributed by atoms with van der Waals surface area (Å²) in [7, 11) is 0. The molecule has 410 valence electrons. The second-order valence-corrected chi connectivity index (χ2v) is 20.8. The van der Waals surface area contributed by atoms with Crippen LogP contribution in [-0.2, 0) is 33.6 Å². The molecule has 0 saturated heterocycles. The number of carbonyl (C=O) groups is 3. The third-order valence-corrected chi connectivity index (χ3v) is 15.1. The van der Waals surface area contributed by atoms with Crippen molar-refractivity contribution >= 4 is 67.1 Å². The number of anilines is 3. The maximum Gasteiger partial charge on any atom is 0.159 e. The molecule has 0 amide bonds. The van der Waals surface area contributed by atoms with E-state index >= 15 is 0 Å². The van der Waals surface area contributed by atoms with Crippen LogP contribution in [0.5, 0.6) is 17.2 Å². The lowest BCUT2D eigenvalue weighted by Crippen LogP contribution is -2.31. The molecular formula is C64H73N9O6. The SMILES string of the molecule is NCCCC[C@H](Nc1ccc(C(c2ccc(N[C@@H](CCCCN)C(=O)Cc3c[nH]c4ccc(O)cc34)cc2)c2ccc(N[C@@H](CCCCN)C(=O)Cc3c[nH]c4ccc(O)cc34)cc2)cc1)C(=O)Cc1c[nH]c2ccc(O)cc12. The molecule has 0 aliphatic rings. The van der Waals surface area contributed by atoms with Gasteiger partial charge < -0.3 is 63.4 Å². The summed E-state index contributed by atoms with van der Waals surface area (Å²) in [6, 6.07) is 38.5. The van der Waals surface area contributed by atoms with Crippen LogP contribution in [0.2, 0.25) is 0 Å². The summed E-state index contributed by atoms with van der Waals surface area (Å²) in [5.41, 5.74) is 28.1. The largest absolute Gasteiger partial charge is 0.508 e. The first-order chi connectivity index (χ1) is 38.5. The van der Waals surface area contributed by atoms with E-state index in [2.05, 4.69) is 67.3 Å². The lowest BCUT2D eigenvalue weighted by Gasteiger charge is -2.23. The van der Waals surface area contributed by atoms with Gasteiger partial charge in [0.1, 0.15) is 17.2 Å². The second kappa shape index (κ2) is 26.3. The summed E-state index contributed by atoms with van der Waals surface area (Å²) < 4.78 is 0. The zero-order valence-electron chi connectivity index (χ0n) is 44.6. The Labute approximate surface area is 460 Å². The van der Waals surface area contributed by atoms with E-state index in [9.17, 15) is 29.7 Å². The topological polar surface area (TPSA) is 273 Å². The molecule has 6 aromatic carbocycles. The number of rotatable bonds is 30. The lowest BCUT2D eigenvalue weighted by molar-refractivity contribution is -0.120. The van der Waals surface area contributed by atoms with Gasteiger partial charge in [-0.25, -0.2) is 0 Å². The first-order valence-corrected chi connectivity index (χ1v) is 27.6. The molecule has 0 saturated carbocycles. The van der Waals surface area contributed by atoms with Crippen LogP contribution in [0.25, 0.3) is 32.7 Å². The Morgan fingerprint density at radius 2 is 0.671 bits per heavy atom. The number of fused-ring (bicyclic) bond motifs is 3. The van der Waals surface area contributed by atoms with Gasteiger partial charge in [-0.1, -0.05) is 36.4 Å². The van der Waals surface area contributed by atoms with Crippen LogP contribution in [0.3, 0.4) is 0 Å². The average Bonchev–Trinajstić information content (AvgIpc) is 4.18. The molecular weight excluding hydrogens is 991 g/mol. The molecule has 0 radical (unpaired) electrons. The Morgan fingerprint density at radius 3 is 0.937 bits per heavy atom. The van der Waals surface area contributed by atoms with Crippen molar-refractivity contribution in [1.82, 2.24) is 15.0 Å². The van der Waals surface area contributed by atoms with E-state index in [1.807, 2.05) is 55.0 Å². The number of hydrogen-bond acceptors (Lipinski definition) is 12. The van der Waals surface area contributed by atoms with Crippen LogP contribution in [0, 0.1) is 0 Å². The number of phenols is 3. The van der Waals surface area contributed by atoms with Gasteiger partial charge in [-0.2, -0.15) is 0 Å². The number of aromatic amines is 3. The third kappa shape index (κ3) is 14.0. The molecule has 0 spiro atoms. The first kappa shape index (κ1) is 55.4. The quantitative estimate of drug-likeness (QED) is 0.0148. The number of benzene rings is 6. The molecule has 3 aromatic heterocycles. The average molecular weight is 1060 g/mol. The fourth-order valence-electron chi connectivity index (χ4n) is 10.8. The summed E-state index contributed by atoms with van der Waals surface area (Å²) in [6.07, 6.45) is 12.6. The lowest BCUT2D eigenvalue weighted by atomic mass is 9.85. The molecule has 79 heavy (non-hydrogen) atoms. The Balaban J connectivity index is 0.979. The maximum atomic E-state index is 14.1. The van der Waals surface area contributed by atoms with Gasteiger partial charge >= 0.3 is 0 Å². The van der Waals surface area contributed by atoms with E-state index in [0.29, 0.717) is 38.9 Å². The minimum Gasteiger partial charge on any atom is -0.508 e. The Morgan fingerprint density at radius 1 is 0.392 bits per heavy atom. The highest BCUT2D eigenvalue weighted by molar-refractivity contribution is 5.96. The van der Waals surface area contributed by atoms with E-state index in [1.165, 1.54) is 0 Å². The molecule has 3 heterocycles. The number of ketones is 3. The summed E-state index contributed by atoms with van der Waals surface area (Å²) in [5, 5.41) is 43.7. The van der Waals surface area contributed by atoms with Gasteiger partial charge in [0.05, 0.1) is 18.1 Å². The zero-order valence-corrected chi connectivity index (χ0v) is 44.6. The minimum absolute atomic E-state index is 0.0359. The minimum atomic E-state index is -0.473. The van der Waals surface area contributed by atoms with Crippen molar-refractivity contribution in [3.63, 3.8) is 0 Å². The summed E-state index contributed by atoms with van der Waals surface area (Å²) >= 11 is 0. The van der Waals surface area contributed by atoms with E-state index in [4.69, 9.17) is 17.2 Å². The van der Waals surface area contributed by atoms with Crippen molar-refractivity contribution in [1.29, 1.82) is 0 Å². The zero-order chi connectivity index (χ0) is 55.3. The van der Waals surface area contributed by atoms with Crippen LogP contribution in [0.1, 0.15) is 97.1 Å². The van der Waals surface area contributed by atoms with Gasteiger partial charge in [-0.3, -0.25) is 14.4 Å². The number of nitrogens with two attached hydrogens (primary N) is 3. The predicted molar refractivity (Wildman–Crippen MR) is 317 cm³/mol. The van der Waals surface area contributed by atoms with Crippen molar-refractivity contribution in [3.8, 4) is 17.2 Å². The molecule has 15 nitrogen and oxygen atoms in total. The molecule has 0 bridgehead atoms. The van der Waals surface area contributed by atoms with Crippen molar-refractivity contribution in [2.75, 3.05) is 35.6 Å². The van der Waals surface area contributed by atoms with Gasteiger partial charge in [0, 0.05) is 93.5 Å². The number of aromatic nitrogens is 3. The Bertz CT molecular complexity index is 3110. The number of H-pyrrole nitrogens is 3. The van der Waals surface area contributed by atoms with Crippen molar-refractivity contribution in [2.24, 2.45) is 17.2 Å². The highest BCUT2D eigenvalue weighted by Gasteiger charge is 2.25. The van der Waals surface area contributed by atoms with Crippen LogP contribution in [0.4, 0.5) is 17.1 Å². The molecule has 15 N–H and O–H groups in total. The molecule has 0 aliphatic carbocycles. The molecule has 15 heteroatoms. The predicted octanol–water partition coefficient (Wildman–Crippen LogP) is 10.6. The van der Waals surface area contributed by atoms with Gasteiger partial charge in [0.25, 0.3) is 0 Å². The summed E-state index contributed by atoms with van der Waals surface area (Å²) in [6.45, 7) is 1.60. The van der Waals surface area contributed by atoms with Gasteiger partial charge in [-0.15, -0.1) is 0 Å². The number of aromatic hydroxyl groups is 3. The Kier molecular flexibility index (Phi) is 18.5. The van der Waals surface area contributed by atoms with E-state index in [1.54, 1.807) is 54.6 Å². The fourth-order valence-corrected chi connectivity index (χ4v) is 10.8. The van der Waals surface area contributed by atoms with Crippen molar-refractivity contribution in [2.45, 2.75) is 101 Å². The molecule has 3 atom stereocenters. The van der Waals surface area contributed by atoms with Crippen LogP contribution < -0.4 is 33.2 Å². The highest BCUT2D eigenvalue weighted by Crippen LogP contribution is 2.36. The van der Waals surface area contributed by atoms with Crippen LogP contribution in [-0.4, -0.2) is 85.4 Å². The summed E-state index contributed by atoms with van der Waals surface area (Å²) in [5.74, 6) is 0.298. The van der Waals surface area contributed by atoms with E-state index in [-0.39, 0.29) is 59.8 Å².